The smallest absolute Gasteiger partial charge is 0.336 e. The zero-order valence-electron chi connectivity index (χ0n) is 16.2. The van der Waals surface area contributed by atoms with Crippen molar-refractivity contribution in [2.24, 2.45) is 11.8 Å². The van der Waals surface area contributed by atoms with E-state index in [1.54, 1.807) is 7.11 Å². The highest BCUT2D eigenvalue weighted by atomic mass is 16.5. The Morgan fingerprint density at radius 3 is 2.56 bits per heavy atom. The largest absolute Gasteiger partial charge is 0.493 e. The first-order chi connectivity index (χ1) is 12.9. The Kier molecular flexibility index (Phi) is 5.34. The molecule has 0 amide bonds. The molecule has 0 radical (unpaired) electrons. The van der Waals surface area contributed by atoms with Gasteiger partial charge in [-0.2, -0.15) is 5.26 Å². The van der Waals surface area contributed by atoms with Gasteiger partial charge in [0.15, 0.2) is 17.1 Å². The number of carbonyl (C=O) groups is 1. The fraction of sp³-hybridized carbons (Fsp3) is 0.619. The van der Waals surface area contributed by atoms with Gasteiger partial charge >= 0.3 is 5.97 Å². The van der Waals surface area contributed by atoms with Crippen LogP contribution in [0.1, 0.15) is 44.6 Å². The van der Waals surface area contributed by atoms with E-state index in [9.17, 15) is 15.2 Å². The number of nitrogens with zero attached hydrogens (tertiary/aromatic N) is 1. The lowest BCUT2D eigenvalue weighted by Gasteiger charge is -2.44. The van der Waals surface area contributed by atoms with Crippen LogP contribution in [0.25, 0.3) is 0 Å². The van der Waals surface area contributed by atoms with Crippen LogP contribution in [-0.4, -0.2) is 37.5 Å². The molecular formula is C21H27NO5. The molecule has 146 valence electrons. The van der Waals surface area contributed by atoms with Crippen LogP contribution < -0.4 is 9.47 Å². The quantitative estimate of drug-likeness (QED) is 0.786. The zero-order valence-corrected chi connectivity index (χ0v) is 16.2. The molecule has 6 heteroatoms. The molecule has 1 unspecified atom stereocenters. The van der Waals surface area contributed by atoms with Gasteiger partial charge in [-0.25, -0.2) is 4.79 Å². The monoisotopic (exact) mass is 373 g/mol. The van der Waals surface area contributed by atoms with Crippen LogP contribution in [0.2, 0.25) is 0 Å². The third-order valence-electron chi connectivity index (χ3n) is 6.20. The van der Waals surface area contributed by atoms with Gasteiger partial charge in [0.05, 0.1) is 25.2 Å². The topological polar surface area (TPSA) is 88.8 Å². The summed E-state index contributed by atoms with van der Waals surface area (Å²) in [6, 6.07) is 8.07. The van der Waals surface area contributed by atoms with E-state index in [0.29, 0.717) is 36.9 Å². The van der Waals surface area contributed by atoms with E-state index in [2.05, 4.69) is 6.07 Å². The lowest BCUT2D eigenvalue weighted by atomic mass is 9.61. The molecule has 0 aliphatic heterocycles. The molecule has 1 N–H and O–H groups in total. The molecule has 1 aromatic rings. The van der Waals surface area contributed by atoms with Crippen molar-refractivity contribution in [2.75, 3.05) is 20.8 Å². The number of hydrogen-bond donors (Lipinski definition) is 1. The lowest BCUT2D eigenvalue weighted by molar-refractivity contribution is -0.175. The molecule has 0 heterocycles. The number of methoxy groups -OCH3 is 2. The molecule has 2 aliphatic rings. The van der Waals surface area contributed by atoms with Gasteiger partial charge in [-0.15, -0.1) is 0 Å². The first kappa shape index (κ1) is 19.5. The van der Waals surface area contributed by atoms with E-state index in [0.717, 1.165) is 5.56 Å². The predicted molar refractivity (Wildman–Crippen MR) is 98.9 cm³/mol. The van der Waals surface area contributed by atoms with Gasteiger partial charge < -0.3 is 19.3 Å². The highest BCUT2D eigenvalue weighted by molar-refractivity contribution is 5.78. The third-order valence-corrected chi connectivity index (χ3v) is 6.20. The molecule has 0 aromatic heterocycles. The molecule has 0 bridgehead atoms. The molecule has 3 rings (SSSR count). The first-order valence-corrected chi connectivity index (χ1v) is 9.42. The number of ether oxygens (including phenoxy) is 3. The van der Waals surface area contributed by atoms with Gasteiger partial charge in [-0.1, -0.05) is 13.0 Å². The molecular weight excluding hydrogens is 346 g/mol. The number of nitriles is 1. The van der Waals surface area contributed by atoms with Crippen molar-refractivity contribution in [2.45, 2.75) is 50.0 Å². The van der Waals surface area contributed by atoms with Crippen molar-refractivity contribution < 1.29 is 24.1 Å². The molecule has 2 fully saturated rings. The third kappa shape index (κ3) is 3.49. The molecule has 1 aromatic carbocycles. The van der Waals surface area contributed by atoms with E-state index in [4.69, 9.17) is 14.2 Å². The minimum atomic E-state index is -1.24. The van der Waals surface area contributed by atoms with Gasteiger partial charge in [0, 0.05) is 7.11 Å². The Labute approximate surface area is 160 Å². The molecule has 27 heavy (non-hydrogen) atoms. The Morgan fingerprint density at radius 2 is 2.04 bits per heavy atom. The number of carboxylic acid groups (broad SMARTS) is 1. The maximum atomic E-state index is 11.8. The van der Waals surface area contributed by atoms with E-state index in [-0.39, 0.29) is 12.3 Å². The number of hydrogen-bond acceptors (Lipinski definition) is 5. The maximum absolute atomic E-state index is 11.8. The number of rotatable bonds is 7. The normalized spacial score (nSPS) is 30.4. The lowest BCUT2D eigenvalue weighted by Crippen LogP contribution is -2.53. The average molecular weight is 373 g/mol. The SMILES string of the molecule is COc1ccc(C2(C#N)CC[C@@](OC)(C(=O)O)[C@@H](C)C2)cc1OCC1CC1. The molecule has 0 spiro atoms. The second-order valence-electron chi connectivity index (χ2n) is 7.82. The van der Waals surface area contributed by atoms with Gasteiger partial charge in [-0.3, -0.25) is 0 Å². The van der Waals surface area contributed by atoms with Gasteiger partial charge in [0.25, 0.3) is 0 Å². The summed E-state index contributed by atoms with van der Waals surface area (Å²) >= 11 is 0. The van der Waals surface area contributed by atoms with Crippen LogP contribution in [0.3, 0.4) is 0 Å². The van der Waals surface area contributed by atoms with Crippen LogP contribution in [0.5, 0.6) is 11.5 Å². The van der Waals surface area contributed by atoms with E-state index < -0.39 is 17.0 Å². The summed E-state index contributed by atoms with van der Waals surface area (Å²) < 4.78 is 16.8. The summed E-state index contributed by atoms with van der Waals surface area (Å²) in [6.45, 7) is 2.50. The van der Waals surface area contributed by atoms with Crippen LogP contribution in [0.4, 0.5) is 0 Å². The first-order valence-electron chi connectivity index (χ1n) is 9.42. The molecule has 6 nitrogen and oxygen atoms in total. The van der Waals surface area contributed by atoms with Gasteiger partial charge in [-0.05, 0) is 61.6 Å². The maximum Gasteiger partial charge on any atom is 0.336 e. The fourth-order valence-electron chi connectivity index (χ4n) is 4.15. The van der Waals surface area contributed by atoms with Crippen LogP contribution in [0.15, 0.2) is 18.2 Å². The van der Waals surface area contributed by atoms with E-state index in [1.165, 1.54) is 20.0 Å². The number of aliphatic carboxylic acids is 1. The Hall–Kier alpha value is -2.26. The summed E-state index contributed by atoms with van der Waals surface area (Å²) in [5.41, 5.74) is -1.16. The zero-order chi connectivity index (χ0) is 19.7. The van der Waals surface area contributed by atoms with Crippen LogP contribution >= 0.6 is 0 Å². The molecule has 3 atom stereocenters. The Bertz CT molecular complexity index is 753. The summed E-state index contributed by atoms with van der Waals surface area (Å²) in [5, 5.41) is 19.7. The van der Waals surface area contributed by atoms with Gasteiger partial charge in [0.2, 0.25) is 0 Å². The molecule has 2 saturated carbocycles. The van der Waals surface area contributed by atoms with Crippen molar-refractivity contribution in [3.63, 3.8) is 0 Å². The fourth-order valence-corrected chi connectivity index (χ4v) is 4.15. The minimum absolute atomic E-state index is 0.290. The van der Waals surface area contributed by atoms with E-state index in [1.807, 2.05) is 25.1 Å². The summed E-state index contributed by atoms with van der Waals surface area (Å²) in [4.78, 5) is 11.8. The van der Waals surface area contributed by atoms with Crippen molar-refractivity contribution in [3.05, 3.63) is 23.8 Å². The van der Waals surface area contributed by atoms with Crippen molar-refractivity contribution in [1.82, 2.24) is 0 Å². The van der Waals surface area contributed by atoms with Crippen molar-refractivity contribution in [3.8, 4) is 17.6 Å². The molecule has 0 saturated heterocycles. The number of carboxylic acids is 1. The number of benzene rings is 1. The van der Waals surface area contributed by atoms with Crippen LogP contribution in [0, 0.1) is 23.2 Å². The highest BCUT2D eigenvalue weighted by Crippen LogP contribution is 2.48. The van der Waals surface area contributed by atoms with Crippen LogP contribution in [-0.2, 0) is 14.9 Å². The Morgan fingerprint density at radius 1 is 1.30 bits per heavy atom. The second-order valence-corrected chi connectivity index (χ2v) is 7.82. The summed E-state index contributed by atoms with van der Waals surface area (Å²) in [5.74, 6) is 0.633. The second kappa shape index (κ2) is 7.40. The highest BCUT2D eigenvalue weighted by Gasteiger charge is 2.53. The standard InChI is InChI=1S/C21H27NO5/c1-14-11-20(13-22,8-9-21(14,26-3)19(23)24)16-6-7-17(25-2)18(10-16)27-12-15-4-5-15/h6-7,10,14-15H,4-5,8-9,11-12H2,1-3H3,(H,23,24)/t14-,20?,21-/m0/s1. The summed E-state index contributed by atoms with van der Waals surface area (Å²) in [6.07, 6.45) is 3.50. The predicted octanol–water partition coefficient (Wildman–Crippen LogP) is 3.54. The van der Waals surface area contributed by atoms with E-state index >= 15 is 0 Å². The summed E-state index contributed by atoms with van der Waals surface area (Å²) in [7, 11) is 3.03. The molecule has 2 aliphatic carbocycles. The van der Waals surface area contributed by atoms with Gasteiger partial charge in [0.1, 0.15) is 0 Å². The average Bonchev–Trinajstić information content (AvgIpc) is 3.50. The van der Waals surface area contributed by atoms with Crippen molar-refractivity contribution in [1.29, 1.82) is 5.26 Å². The van der Waals surface area contributed by atoms with Crippen molar-refractivity contribution >= 4 is 5.97 Å². The Balaban J connectivity index is 1.90. The minimum Gasteiger partial charge on any atom is -0.493 e.